The molecule has 1 saturated heterocycles. The van der Waals surface area contributed by atoms with Gasteiger partial charge >= 0.3 is 0 Å². The fourth-order valence-electron chi connectivity index (χ4n) is 3.18. The molecular formula is C20H22N4O. The van der Waals surface area contributed by atoms with Crippen LogP contribution in [0.5, 0.6) is 5.75 Å². The van der Waals surface area contributed by atoms with Crippen molar-refractivity contribution in [3.05, 3.63) is 66.4 Å². The summed E-state index contributed by atoms with van der Waals surface area (Å²) in [7, 11) is 0. The van der Waals surface area contributed by atoms with Gasteiger partial charge in [-0.2, -0.15) is 0 Å². The molecule has 1 atom stereocenters. The van der Waals surface area contributed by atoms with Crippen molar-refractivity contribution >= 4 is 0 Å². The van der Waals surface area contributed by atoms with E-state index in [0.717, 1.165) is 42.1 Å². The monoisotopic (exact) mass is 334 g/mol. The molecule has 0 spiro atoms. The van der Waals surface area contributed by atoms with E-state index >= 15 is 0 Å². The van der Waals surface area contributed by atoms with Crippen LogP contribution in [0.2, 0.25) is 0 Å². The largest absolute Gasteiger partial charge is 0.488 e. The average Bonchev–Trinajstić information content (AvgIpc) is 3.18. The van der Waals surface area contributed by atoms with E-state index in [1.807, 2.05) is 53.3 Å². The van der Waals surface area contributed by atoms with Gasteiger partial charge in [0.05, 0.1) is 12.2 Å². The summed E-state index contributed by atoms with van der Waals surface area (Å²) in [6, 6.07) is 18.6. The molecule has 128 valence electrons. The van der Waals surface area contributed by atoms with Gasteiger partial charge in [-0.15, -0.1) is 5.10 Å². The molecule has 1 fully saturated rings. The van der Waals surface area contributed by atoms with E-state index in [1.165, 1.54) is 6.42 Å². The number of hydrogen-bond acceptors (Lipinski definition) is 4. The smallest absolute Gasteiger partial charge is 0.129 e. The van der Waals surface area contributed by atoms with Gasteiger partial charge < -0.3 is 10.1 Å². The van der Waals surface area contributed by atoms with Gasteiger partial charge in [0.1, 0.15) is 18.1 Å². The molecule has 0 amide bonds. The Labute approximate surface area is 147 Å². The molecule has 0 bridgehead atoms. The minimum atomic E-state index is 0.382. The van der Waals surface area contributed by atoms with E-state index in [9.17, 15) is 0 Å². The van der Waals surface area contributed by atoms with Crippen molar-refractivity contribution in [1.29, 1.82) is 0 Å². The fourth-order valence-corrected chi connectivity index (χ4v) is 3.18. The first-order chi connectivity index (χ1) is 12.4. The molecule has 1 aliphatic rings. The van der Waals surface area contributed by atoms with Crippen molar-refractivity contribution in [3.8, 4) is 17.0 Å². The normalized spacial score (nSPS) is 17.4. The number of benzene rings is 2. The van der Waals surface area contributed by atoms with E-state index in [0.29, 0.717) is 12.6 Å². The summed E-state index contributed by atoms with van der Waals surface area (Å²) >= 11 is 0. The highest BCUT2D eigenvalue weighted by Crippen LogP contribution is 2.29. The summed E-state index contributed by atoms with van der Waals surface area (Å²) in [6.07, 6.45) is 4.35. The van der Waals surface area contributed by atoms with Gasteiger partial charge in [-0.05, 0) is 37.1 Å². The molecule has 1 aromatic heterocycles. The molecule has 1 unspecified atom stereocenters. The highest BCUT2D eigenvalue weighted by molar-refractivity contribution is 5.66. The third-order valence-corrected chi connectivity index (χ3v) is 4.56. The molecule has 3 aromatic rings. The van der Waals surface area contributed by atoms with Crippen LogP contribution in [0.3, 0.4) is 0 Å². The third-order valence-electron chi connectivity index (χ3n) is 4.56. The number of rotatable bonds is 5. The summed E-state index contributed by atoms with van der Waals surface area (Å²) in [6.45, 7) is 2.59. The fraction of sp³-hybridized carbons (Fsp3) is 0.300. The second kappa shape index (κ2) is 7.49. The highest BCUT2D eigenvalue weighted by atomic mass is 16.5. The number of para-hydroxylation sites is 1. The first-order valence-corrected chi connectivity index (χ1v) is 8.79. The molecule has 0 aliphatic carbocycles. The van der Waals surface area contributed by atoms with Gasteiger partial charge in [-0.3, -0.25) is 0 Å². The average molecular weight is 334 g/mol. The maximum Gasteiger partial charge on any atom is 0.129 e. The van der Waals surface area contributed by atoms with Crippen molar-refractivity contribution in [2.24, 2.45) is 0 Å². The molecule has 2 heterocycles. The molecule has 2 aromatic carbocycles. The first kappa shape index (κ1) is 15.8. The molecule has 4 rings (SSSR count). The molecule has 0 radical (unpaired) electrons. The molecule has 5 heteroatoms. The predicted octanol–water partition coefficient (Wildman–Crippen LogP) is 3.45. The van der Waals surface area contributed by atoms with Crippen LogP contribution in [-0.4, -0.2) is 28.1 Å². The van der Waals surface area contributed by atoms with Crippen LogP contribution in [0.1, 0.15) is 24.4 Å². The van der Waals surface area contributed by atoms with Crippen LogP contribution in [0.25, 0.3) is 11.3 Å². The van der Waals surface area contributed by atoms with Crippen LogP contribution >= 0.6 is 0 Å². The summed E-state index contributed by atoms with van der Waals surface area (Å²) in [5.74, 6) is 0.833. The van der Waals surface area contributed by atoms with E-state index in [4.69, 9.17) is 4.74 Å². The minimum absolute atomic E-state index is 0.382. The second-order valence-electron chi connectivity index (χ2n) is 6.35. The summed E-state index contributed by atoms with van der Waals surface area (Å²) < 4.78 is 8.02. The molecule has 1 aliphatic heterocycles. The van der Waals surface area contributed by atoms with Gasteiger partial charge in [-0.25, -0.2) is 4.68 Å². The van der Waals surface area contributed by atoms with Gasteiger partial charge in [0.25, 0.3) is 0 Å². The van der Waals surface area contributed by atoms with E-state index < -0.39 is 0 Å². The Morgan fingerprint density at radius 2 is 1.92 bits per heavy atom. The highest BCUT2D eigenvalue weighted by Gasteiger charge is 2.18. The number of nitrogens with one attached hydrogen (secondary N) is 1. The van der Waals surface area contributed by atoms with Gasteiger partial charge in [0.2, 0.25) is 0 Å². The van der Waals surface area contributed by atoms with Crippen molar-refractivity contribution in [2.75, 3.05) is 13.1 Å². The lowest BCUT2D eigenvalue weighted by molar-refractivity contribution is 0.307. The zero-order valence-corrected chi connectivity index (χ0v) is 14.1. The molecule has 0 saturated carbocycles. The first-order valence-electron chi connectivity index (χ1n) is 8.79. The molecule has 1 N–H and O–H groups in total. The van der Waals surface area contributed by atoms with Crippen molar-refractivity contribution in [3.63, 3.8) is 0 Å². The Morgan fingerprint density at radius 3 is 2.76 bits per heavy atom. The van der Waals surface area contributed by atoms with Crippen LogP contribution in [0, 0.1) is 0 Å². The summed E-state index contributed by atoms with van der Waals surface area (Å²) in [4.78, 5) is 0. The maximum atomic E-state index is 6.04. The molecule has 25 heavy (non-hydrogen) atoms. The van der Waals surface area contributed by atoms with Crippen LogP contribution in [0.4, 0.5) is 0 Å². The Balaban J connectivity index is 1.53. The summed E-state index contributed by atoms with van der Waals surface area (Å²) in [5.41, 5.74) is 2.98. The van der Waals surface area contributed by atoms with Crippen LogP contribution < -0.4 is 10.1 Å². The number of ether oxygens (including phenoxy) is 1. The number of piperidine rings is 1. The summed E-state index contributed by atoms with van der Waals surface area (Å²) in [5, 5.41) is 12.1. The zero-order valence-electron chi connectivity index (χ0n) is 14.1. The number of nitrogens with zero attached hydrogens (tertiary/aromatic N) is 3. The van der Waals surface area contributed by atoms with Crippen LogP contribution in [0.15, 0.2) is 60.8 Å². The molecule has 5 nitrogen and oxygen atoms in total. The SMILES string of the molecule is c1ccc(COc2ccccc2-c2cn(C3CCCNC3)nn2)cc1. The van der Waals surface area contributed by atoms with Crippen molar-refractivity contribution in [1.82, 2.24) is 20.3 Å². The Bertz CT molecular complexity index is 809. The Hall–Kier alpha value is -2.66. The Kier molecular flexibility index (Phi) is 4.74. The number of aromatic nitrogens is 3. The van der Waals surface area contributed by atoms with Crippen molar-refractivity contribution in [2.45, 2.75) is 25.5 Å². The standard InChI is InChI=1S/C20H22N4O/c1-2-7-16(8-3-1)15-25-20-11-5-4-10-18(20)19-14-24(23-22-19)17-9-6-12-21-13-17/h1-5,7-8,10-11,14,17,21H,6,9,12-13,15H2. The van der Waals surface area contributed by atoms with Crippen LogP contribution in [-0.2, 0) is 6.61 Å². The predicted molar refractivity (Wildman–Crippen MR) is 97.4 cm³/mol. The zero-order chi connectivity index (χ0) is 16.9. The van der Waals surface area contributed by atoms with Gasteiger partial charge in [0.15, 0.2) is 0 Å². The van der Waals surface area contributed by atoms with Gasteiger partial charge in [-0.1, -0.05) is 47.7 Å². The molecular weight excluding hydrogens is 312 g/mol. The Morgan fingerprint density at radius 1 is 1.08 bits per heavy atom. The van der Waals surface area contributed by atoms with E-state index in [1.54, 1.807) is 0 Å². The topological polar surface area (TPSA) is 52.0 Å². The lowest BCUT2D eigenvalue weighted by atomic mass is 10.1. The lowest BCUT2D eigenvalue weighted by Crippen LogP contribution is -2.31. The van der Waals surface area contributed by atoms with E-state index in [-0.39, 0.29) is 0 Å². The van der Waals surface area contributed by atoms with Gasteiger partial charge in [0, 0.05) is 12.1 Å². The lowest BCUT2D eigenvalue weighted by Gasteiger charge is -2.22. The quantitative estimate of drug-likeness (QED) is 0.776. The third kappa shape index (κ3) is 3.72. The number of hydrogen-bond donors (Lipinski definition) is 1. The van der Waals surface area contributed by atoms with Crippen molar-refractivity contribution < 1.29 is 4.74 Å². The second-order valence-corrected chi connectivity index (χ2v) is 6.35. The van der Waals surface area contributed by atoms with E-state index in [2.05, 4.69) is 27.8 Å². The maximum absolute atomic E-state index is 6.04. The minimum Gasteiger partial charge on any atom is -0.488 e.